The van der Waals surface area contributed by atoms with E-state index < -0.39 is 0 Å². The first-order valence-electron chi connectivity index (χ1n) is 7.38. The molecule has 0 heterocycles. The molecule has 1 aromatic carbocycles. The second-order valence-corrected chi connectivity index (χ2v) is 5.33. The van der Waals surface area contributed by atoms with Crippen LogP contribution in [-0.2, 0) is 0 Å². The molecule has 1 aliphatic rings. The Bertz CT molecular complexity index is 352. The van der Waals surface area contributed by atoms with E-state index in [0.717, 1.165) is 19.0 Å². The van der Waals surface area contributed by atoms with Gasteiger partial charge in [0.2, 0.25) is 0 Å². The predicted octanol–water partition coefficient (Wildman–Crippen LogP) is 3.87. The van der Waals surface area contributed by atoms with E-state index in [1.165, 1.54) is 36.9 Å². The molecule has 2 heteroatoms. The topological polar surface area (TPSA) is 29.3 Å². The maximum Gasteiger partial charge on any atom is 0.0368 e. The zero-order valence-corrected chi connectivity index (χ0v) is 11.7. The van der Waals surface area contributed by atoms with Crippen molar-refractivity contribution in [1.29, 1.82) is 0 Å². The summed E-state index contributed by atoms with van der Waals surface area (Å²) in [6.07, 6.45) is 6.48. The molecule has 0 aliphatic heterocycles. The highest BCUT2D eigenvalue weighted by molar-refractivity contribution is 5.49. The van der Waals surface area contributed by atoms with Gasteiger partial charge in [-0.25, -0.2) is 0 Å². The van der Waals surface area contributed by atoms with Crippen LogP contribution in [0, 0.1) is 0 Å². The standard InChI is InChI=1S/C16H26N2/c1-3-16(17)13-9-11-15(12-10-13)18(4-2)14-7-5-6-8-14/h9-12,14,16H,3-8,17H2,1-2H3/t16-/m0/s1. The molecule has 1 aliphatic carbocycles. The molecule has 2 N–H and O–H groups in total. The lowest BCUT2D eigenvalue weighted by Crippen LogP contribution is -2.32. The van der Waals surface area contributed by atoms with E-state index in [0.29, 0.717) is 0 Å². The number of nitrogens with two attached hydrogens (primary N) is 1. The molecule has 100 valence electrons. The maximum atomic E-state index is 6.06. The van der Waals surface area contributed by atoms with Crippen LogP contribution in [0.25, 0.3) is 0 Å². The largest absolute Gasteiger partial charge is 0.369 e. The average Bonchev–Trinajstić information content (AvgIpc) is 2.93. The molecule has 0 spiro atoms. The minimum absolute atomic E-state index is 0.181. The SMILES string of the molecule is CC[C@H](N)c1ccc(N(CC)C2CCCC2)cc1. The van der Waals surface area contributed by atoms with E-state index in [-0.39, 0.29) is 6.04 Å². The van der Waals surface area contributed by atoms with E-state index >= 15 is 0 Å². The summed E-state index contributed by atoms with van der Waals surface area (Å²) in [4.78, 5) is 2.55. The fourth-order valence-electron chi connectivity index (χ4n) is 3.02. The molecule has 2 nitrogen and oxygen atoms in total. The fraction of sp³-hybridized carbons (Fsp3) is 0.625. The van der Waals surface area contributed by atoms with Gasteiger partial charge in [0, 0.05) is 24.3 Å². The van der Waals surface area contributed by atoms with E-state index in [9.17, 15) is 0 Å². The molecule has 0 aromatic heterocycles. The van der Waals surface area contributed by atoms with Crippen LogP contribution in [0.15, 0.2) is 24.3 Å². The summed E-state index contributed by atoms with van der Waals surface area (Å²) in [5.41, 5.74) is 8.67. The monoisotopic (exact) mass is 246 g/mol. The lowest BCUT2D eigenvalue weighted by molar-refractivity contribution is 0.619. The normalized spacial score (nSPS) is 17.9. The Morgan fingerprint density at radius 2 is 1.78 bits per heavy atom. The summed E-state index contributed by atoms with van der Waals surface area (Å²) >= 11 is 0. The van der Waals surface area contributed by atoms with Crippen molar-refractivity contribution in [3.63, 3.8) is 0 Å². The second kappa shape index (κ2) is 6.24. The van der Waals surface area contributed by atoms with Crippen molar-refractivity contribution in [1.82, 2.24) is 0 Å². The smallest absolute Gasteiger partial charge is 0.0368 e. The lowest BCUT2D eigenvalue weighted by atomic mass is 10.0. The van der Waals surface area contributed by atoms with Crippen LogP contribution in [0.4, 0.5) is 5.69 Å². The van der Waals surface area contributed by atoms with E-state index in [1.807, 2.05) is 0 Å². The zero-order chi connectivity index (χ0) is 13.0. The van der Waals surface area contributed by atoms with Crippen molar-refractivity contribution in [3.05, 3.63) is 29.8 Å². The van der Waals surface area contributed by atoms with Gasteiger partial charge in [0.15, 0.2) is 0 Å². The van der Waals surface area contributed by atoms with Crippen LogP contribution in [0.5, 0.6) is 0 Å². The van der Waals surface area contributed by atoms with Crippen molar-refractivity contribution in [2.45, 2.75) is 58.0 Å². The van der Waals surface area contributed by atoms with Crippen LogP contribution >= 0.6 is 0 Å². The molecule has 0 bridgehead atoms. The predicted molar refractivity (Wildman–Crippen MR) is 78.9 cm³/mol. The van der Waals surface area contributed by atoms with Gasteiger partial charge in [0.1, 0.15) is 0 Å². The summed E-state index contributed by atoms with van der Waals surface area (Å²) in [7, 11) is 0. The van der Waals surface area contributed by atoms with Gasteiger partial charge in [0.05, 0.1) is 0 Å². The van der Waals surface area contributed by atoms with Gasteiger partial charge in [0.25, 0.3) is 0 Å². The number of hydrogen-bond donors (Lipinski definition) is 1. The lowest BCUT2D eigenvalue weighted by Gasteiger charge is -2.30. The number of benzene rings is 1. The van der Waals surface area contributed by atoms with Crippen LogP contribution in [0.1, 0.15) is 57.6 Å². The number of nitrogens with zero attached hydrogens (tertiary/aromatic N) is 1. The number of hydrogen-bond acceptors (Lipinski definition) is 2. The molecular weight excluding hydrogens is 220 g/mol. The Balaban J connectivity index is 2.11. The van der Waals surface area contributed by atoms with Gasteiger partial charge in [-0.2, -0.15) is 0 Å². The van der Waals surface area contributed by atoms with Crippen molar-refractivity contribution >= 4 is 5.69 Å². The number of anilines is 1. The third-order valence-electron chi connectivity index (χ3n) is 4.20. The highest BCUT2D eigenvalue weighted by atomic mass is 15.2. The van der Waals surface area contributed by atoms with Gasteiger partial charge in [-0.05, 0) is 43.9 Å². The number of rotatable bonds is 5. The third-order valence-corrected chi connectivity index (χ3v) is 4.20. The summed E-state index contributed by atoms with van der Waals surface area (Å²) in [5, 5.41) is 0. The van der Waals surface area contributed by atoms with Crippen molar-refractivity contribution < 1.29 is 0 Å². The van der Waals surface area contributed by atoms with Crippen LogP contribution < -0.4 is 10.6 Å². The Kier molecular flexibility index (Phi) is 4.65. The minimum atomic E-state index is 0.181. The molecule has 1 atom stereocenters. The van der Waals surface area contributed by atoms with E-state index in [4.69, 9.17) is 5.73 Å². The molecule has 0 amide bonds. The minimum Gasteiger partial charge on any atom is -0.369 e. The second-order valence-electron chi connectivity index (χ2n) is 5.33. The highest BCUT2D eigenvalue weighted by Gasteiger charge is 2.21. The summed E-state index contributed by atoms with van der Waals surface area (Å²) in [5.74, 6) is 0. The molecule has 0 radical (unpaired) electrons. The van der Waals surface area contributed by atoms with Gasteiger partial charge in [-0.1, -0.05) is 31.9 Å². The summed E-state index contributed by atoms with van der Waals surface area (Å²) in [6.45, 7) is 5.49. The summed E-state index contributed by atoms with van der Waals surface area (Å²) < 4.78 is 0. The van der Waals surface area contributed by atoms with Gasteiger partial charge >= 0.3 is 0 Å². The zero-order valence-electron chi connectivity index (χ0n) is 11.7. The van der Waals surface area contributed by atoms with Crippen molar-refractivity contribution in [2.24, 2.45) is 5.73 Å². The first-order chi connectivity index (χ1) is 8.76. The molecule has 0 unspecified atom stereocenters. The van der Waals surface area contributed by atoms with Gasteiger partial charge in [-0.15, -0.1) is 0 Å². The highest BCUT2D eigenvalue weighted by Crippen LogP contribution is 2.28. The first kappa shape index (κ1) is 13.4. The maximum absolute atomic E-state index is 6.06. The Labute approximate surface area is 111 Å². The molecule has 1 saturated carbocycles. The van der Waals surface area contributed by atoms with Crippen LogP contribution in [0.2, 0.25) is 0 Å². The van der Waals surface area contributed by atoms with E-state index in [1.54, 1.807) is 0 Å². The van der Waals surface area contributed by atoms with Gasteiger partial charge in [-0.3, -0.25) is 0 Å². The fourth-order valence-corrected chi connectivity index (χ4v) is 3.02. The first-order valence-corrected chi connectivity index (χ1v) is 7.38. The molecular formula is C16H26N2. The average molecular weight is 246 g/mol. The van der Waals surface area contributed by atoms with Crippen LogP contribution in [0.3, 0.4) is 0 Å². The molecule has 0 saturated heterocycles. The molecule has 1 fully saturated rings. The molecule has 2 rings (SSSR count). The Morgan fingerprint density at radius 1 is 1.17 bits per heavy atom. The van der Waals surface area contributed by atoms with Crippen molar-refractivity contribution in [2.75, 3.05) is 11.4 Å². The quantitative estimate of drug-likeness (QED) is 0.854. The van der Waals surface area contributed by atoms with Crippen molar-refractivity contribution in [3.8, 4) is 0 Å². The van der Waals surface area contributed by atoms with Gasteiger partial charge < -0.3 is 10.6 Å². The third kappa shape index (κ3) is 2.86. The Hall–Kier alpha value is -1.02. The Morgan fingerprint density at radius 3 is 2.28 bits per heavy atom. The van der Waals surface area contributed by atoms with E-state index in [2.05, 4.69) is 43.0 Å². The van der Waals surface area contributed by atoms with Crippen LogP contribution in [-0.4, -0.2) is 12.6 Å². The molecule has 1 aromatic rings. The molecule has 18 heavy (non-hydrogen) atoms. The summed E-state index contributed by atoms with van der Waals surface area (Å²) in [6, 6.07) is 9.81.